The van der Waals surface area contributed by atoms with Gasteiger partial charge in [-0.1, -0.05) is 17.7 Å². The van der Waals surface area contributed by atoms with Crippen LogP contribution in [0.1, 0.15) is 34.2 Å². The molecule has 1 aromatic heterocycles. The molecule has 0 saturated carbocycles. The Bertz CT molecular complexity index is 833. The van der Waals surface area contributed by atoms with E-state index in [1.54, 1.807) is 11.8 Å². The lowest BCUT2D eigenvalue weighted by molar-refractivity contribution is -0.143. The minimum absolute atomic E-state index is 0.181. The molecule has 0 spiro atoms. The summed E-state index contributed by atoms with van der Waals surface area (Å²) in [6.45, 7) is 9.59. The van der Waals surface area contributed by atoms with Gasteiger partial charge in [-0.25, -0.2) is 4.79 Å². The monoisotopic (exact) mass is 370 g/mol. The first-order chi connectivity index (χ1) is 12.9. The lowest BCUT2D eigenvalue weighted by Gasteiger charge is -2.28. The molecule has 3 rings (SSSR count). The van der Waals surface area contributed by atoms with E-state index >= 15 is 0 Å². The maximum Gasteiger partial charge on any atom is 0.340 e. The van der Waals surface area contributed by atoms with E-state index < -0.39 is 12.1 Å². The number of hydrogen-bond acceptors (Lipinski definition) is 4. The van der Waals surface area contributed by atoms with E-state index in [1.165, 1.54) is 5.56 Å². The fourth-order valence-electron chi connectivity index (χ4n) is 3.38. The van der Waals surface area contributed by atoms with Gasteiger partial charge in [-0.05, 0) is 45.9 Å². The first-order valence-electron chi connectivity index (χ1n) is 9.22. The number of rotatable bonds is 4. The number of esters is 1. The third kappa shape index (κ3) is 4.06. The summed E-state index contributed by atoms with van der Waals surface area (Å²) in [6.07, 6.45) is -0.821. The van der Waals surface area contributed by atoms with Crippen LogP contribution in [0.3, 0.4) is 0 Å². The second-order valence-electron chi connectivity index (χ2n) is 6.94. The average Bonchev–Trinajstić information content (AvgIpc) is 2.97. The van der Waals surface area contributed by atoms with Crippen LogP contribution in [0, 0.1) is 20.8 Å². The number of aryl methyl sites for hydroxylation is 2. The number of hydrogen-bond donors (Lipinski definition) is 0. The van der Waals surface area contributed by atoms with Crippen LogP contribution in [0.5, 0.6) is 0 Å². The molecule has 0 radical (unpaired) electrons. The van der Waals surface area contributed by atoms with Gasteiger partial charge in [-0.15, -0.1) is 0 Å². The zero-order valence-corrected chi connectivity index (χ0v) is 16.3. The first-order valence-corrected chi connectivity index (χ1v) is 9.22. The van der Waals surface area contributed by atoms with E-state index in [1.807, 2.05) is 55.7 Å². The summed E-state index contributed by atoms with van der Waals surface area (Å²) in [7, 11) is 0. The number of ether oxygens (including phenoxy) is 2. The molecular formula is C21H26N2O4. The fourth-order valence-corrected chi connectivity index (χ4v) is 3.38. The van der Waals surface area contributed by atoms with Crippen LogP contribution in [0.25, 0.3) is 5.69 Å². The van der Waals surface area contributed by atoms with Gasteiger partial charge < -0.3 is 18.9 Å². The number of nitrogens with zero attached hydrogens (tertiary/aromatic N) is 2. The zero-order valence-electron chi connectivity index (χ0n) is 16.3. The normalized spacial score (nSPS) is 15.5. The summed E-state index contributed by atoms with van der Waals surface area (Å²) < 4.78 is 12.7. The van der Waals surface area contributed by atoms with Gasteiger partial charge in [0.15, 0.2) is 6.10 Å². The van der Waals surface area contributed by atoms with Gasteiger partial charge in [0.2, 0.25) is 0 Å². The second-order valence-corrected chi connectivity index (χ2v) is 6.94. The Morgan fingerprint density at radius 2 is 1.70 bits per heavy atom. The van der Waals surface area contributed by atoms with Gasteiger partial charge >= 0.3 is 5.97 Å². The van der Waals surface area contributed by atoms with Crippen molar-refractivity contribution >= 4 is 11.9 Å². The van der Waals surface area contributed by atoms with Crippen LogP contribution >= 0.6 is 0 Å². The third-order valence-electron chi connectivity index (χ3n) is 4.90. The lowest BCUT2D eigenvalue weighted by Crippen LogP contribution is -2.46. The molecule has 2 aromatic rings. The second kappa shape index (κ2) is 7.96. The maximum absolute atomic E-state index is 12.7. The highest BCUT2D eigenvalue weighted by Gasteiger charge is 2.27. The van der Waals surface area contributed by atoms with E-state index in [4.69, 9.17) is 9.47 Å². The van der Waals surface area contributed by atoms with Crippen molar-refractivity contribution in [1.82, 2.24) is 9.47 Å². The molecule has 6 nitrogen and oxygen atoms in total. The highest BCUT2D eigenvalue weighted by atomic mass is 16.5. The van der Waals surface area contributed by atoms with Crippen molar-refractivity contribution in [2.45, 2.75) is 33.8 Å². The minimum atomic E-state index is -0.821. The van der Waals surface area contributed by atoms with Crippen LogP contribution in [0.2, 0.25) is 0 Å². The quantitative estimate of drug-likeness (QED) is 0.777. The Morgan fingerprint density at radius 1 is 1.07 bits per heavy atom. The Labute approximate surface area is 159 Å². The summed E-state index contributed by atoms with van der Waals surface area (Å²) in [5.41, 5.74) is 4.39. The van der Waals surface area contributed by atoms with Crippen LogP contribution in [0.4, 0.5) is 0 Å². The van der Waals surface area contributed by atoms with Gasteiger partial charge in [-0.2, -0.15) is 0 Å². The Kier molecular flexibility index (Phi) is 5.65. The maximum atomic E-state index is 12.7. The van der Waals surface area contributed by atoms with Crippen LogP contribution in [-0.2, 0) is 14.3 Å². The third-order valence-corrected chi connectivity index (χ3v) is 4.90. The molecule has 2 heterocycles. The van der Waals surface area contributed by atoms with Gasteiger partial charge in [0.05, 0.1) is 18.8 Å². The average molecular weight is 370 g/mol. The molecule has 0 aliphatic carbocycles. The van der Waals surface area contributed by atoms with E-state index in [-0.39, 0.29) is 5.91 Å². The molecule has 0 unspecified atom stereocenters. The topological polar surface area (TPSA) is 60.8 Å². The SMILES string of the molecule is Cc1ccc(-n2c(C)cc(C(=O)O[C@@H](C)C(=O)N3CCOCC3)c2C)cc1. The fraction of sp³-hybridized carbons (Fsp3) is 0.429. The molecule has 1 fully saturated rings. The number of aromatic nitrogens is 1. The van der Waals surface area contributed by atoms with Crippen LogP contribution in [0.15, 0.2) is 30.3 Å². The van der Waals surface area contributed by atoms with Crippen molar-refractivity contribution < 1.29 is 19.1 Å². The molecule has 0 N–H and O–H groups in total. The van der Waals surface area contributed by atoms with Crippen LogP contribution in [-0.4, -0.2) is 53.8 Å². The van der Waals surface area contributed by atoms with E-state index in [0.717, 1.165) is 17.1 Å². The molecule has 1 aliphatic rings. The van der Waals surface area contributed by atoms with Crippen LogP contribution < -0.4 is 0 Å². The van der Waals surface area contributed by atoms with Gasteiger partial charge in [0.1, 0.15) is 0 Å². The summed E-state index contributed by atoms with van der Waals surface area (Å²) in [6, 6.07) is 9.93. The minimum Gasteiger partial charge on any atom is -0.449 e. The van der Waals surface area contributed by atoms with Crippen molar-refractivity contribution in [2.24, 2.45) is 0 Å². The molecule has 144 valence electrons. The van der Waals surface area contributed by atoms with E-state index in [9.17, 15) is 9.59 Å². The van der Waals surface area contributed by atoms with Crippen molar-refractivity contribution in [2.75, 3.05) is 26.3 Å². The molecule has 1 aromatic carbocycles. The molecule has 6 heteroatoms. The van der Waals surface area contributed by atoms with E-state index in [0.29, 0.717) is 31.9 Å². The molecule has 1 saturated heterocycles. The molecule has 1 amide bonds. The first kappa shape index (κ1) is 19.2. The van der Waals surface area contributed by atoms with Crippen molar-refractivity contribution in [3.63, 3.8) is 0 Å². The van der Waals surface area contributed by atoms with Gasteiger partial charge in [-0.3, -0.25) is 4.79 Å². The Morgan fingerprint density at radius 3 is 2.33 bits per heavy atom. The predicted octanol–water partition coefficient (Wildman–Crippen LogP) is 2.81. The Hall–Kier alpha value is -2.60. The summed E-state index contributed by atoms with van der Waals surface area (Å²) in [5.74, 6) is -0.658. The predicted molar refractivity (Wildman–Crippen MR) is 102 cm³/mol. The van der Waals surface area contributed by atoms with E-state index in [2.05, 4.69) is 0 Å². The zero-order chi connectivity index (χ0) is 19.6. The summed E-state index contributed by atoms with van der Waals surface area (Å²) in [4.78, 5) is 26.8. The smallest absolute Gasteiger partial charge is 0.340 e. The molecule has 1 aliphatic heterocycles. The molecular weight excluding hydrogens is 344 g/mol. The van der Waals surface area contributed by atoms with Gasteiger partial charge in [0, 0.05) is 30.2 Å². The lowest BCUT2D eigenvalue weighted by atomic mass is 10.2. The number of carbonyl (C=O) groups excluding carboxylic acids is 2. The molecule has 27 heavy (non-hydrogen) atoms. The van der Waals surface area contributed by atoms with Crippen molar-refractivity contribution in [3.05, 3.63) is 52.8 Å². The number of carbonyl (C=O) groups is 2. The van der Waals surface area contributed by atoms with Crippen molar-refractivity contribution in [3.8, 4) is 5.69 Å². The van der Waals surface area contributed by atoms with Gasteiger partial charge in [0.25, 0.3) is 5.91 Å². The highest BCUT2D eigenvalue weighted by molar-refractivity contribution is 5.93. The summed E-state index contributed by atoms with van der Waals surface area (Å²) in [5, 5.41) is 0. The molecule has 1 atom stereocenters. The standard InChI is InChI=1S/C21H26N2O4/c1-14-5-7-18(8-6-14)23-15(2)13-19(16(23)3)21(25)27-17(4)20(24)22-9-11-26-12-10-22/h5-8,13,17H,9-12H2,1-4H3/t17-/m0/s1. The largest absolute Gasteiger partial charge is 0.449 e. The Balaban J connectivity index is 1.76. The van der Waals surface area contributed by atoms with Crippen molar-refractivity contribution in [1.29, 1.82) is 0 Å². The number of benzene rings is 1. The summed E-state index contributed by atoms with van der Waals surface area (Å²) >= 11 is 0. The highest BCUT2D eigenvalue weighted by Crippen LogP contribution is 2.22. The molecule has 0 bridgehead atoms. The number of morpholine rings is 1. The number of amides is 1.